The third-order valence-electron chi connectivity index (χ3n) is 4.34. The molecule has 0 amide bonds. The number of rotatable bonds is 5. The summed E-state index contributed by atoms with van der Waals surface area (Å²) in [5.41, 5.74) is 2.98. The third kappa shape index (κ3) is 3.72. The maximum Gasteiger partial charge on any atom is 0.310 e. The van der Waals surface area contributed by atoms with Crippen LogP contribution in [0, 0.1) is 0 Å². The van der Waals surface area contributed by atoms with Crippen molar-refractivity contribution in [3.05, 3.63) is 58.3 Å². The van der Waals surface area contributed by atoms with E-state index in [-0.39, 0.29) is 25.8 Å². The number of carbonyl (C=O) groups is 1. The molecular formula is C20H17ClO6. The average Bonchev–Trinajstić information content (AvgIpc) is 3.07. The molecular weight excluding hydrogens is 372 g/mol. The first-order chi connectivity index (χ1) is 13.1. The second-order valence-electron chi connectivity index (χ2n) is 6.12. The molecule has 6 nitrogen and oxygen atoms in total. The molecule has 1 aliphatic rings. The van der Waals surface area contributed by atoms with Crippen LogP contribution in [0.1, 0.15) is 16.7 Å². The molecule has 2 aromatic carbocycles. The van der Waals surface area contributed by atoms with Crippen LogP contribution in [0.4, 0.5) is 0 Å². The summed E-state index contributed by atoms with van der Waals surface area (Å²) in [6, 6.07) is 8.99. The van der Waals surface area contributed by atoms with Gasteiger partial charge in [-0.15, -0.1) is 0 Å². The molecule has 27 heavy (non-hydrogen) atoms. The lowest BCUT2D eigenvalue weighted by atomic mass is 10.1. The van der Waals surface area contributed by atoms with Crippen LogP contribution in [0.15, 0.2) is 41.0 Å². The summed E-state index contributed by atoms with van der Waals surface area (Å²) in [5.74, 6) is 0.995. The summed E-state index contributed by atoms with van der Waals surface area (Å²) in [7, 11) is 1.59. The van der Waals surface area contributed by atoms with Crippen LogP contribution < -0.4 is 9.47 Å². The number of esters is 1. The summed E-state index contributed by atoms with van der Waals surface area (Å²) < 4.78 is 26.9. The molecule has 0 fully saturated rings. The zero-order chi connectivity index (χ0) is 18.8. The molecule has 0 bridgehead atoms. The number of methoxy groups -OCH3 is 1. The predicted molar refractivity (Wildman–Crippen MR) is 98.0 cm³/mol. The van der Waals surface area contributed by atoms with Crippen LogP contribution >= 0.6 is 11.6 Å². The summed E-state index contributed by atoms with van der Waals surface area (Å²) in [6.07, 6.45) is 1.67. The van der Waals surface area contributed by atoms with Gasteiger partial charge in [-0.2, -0.15) is 0 Å². The van der Waals surface area contributed by atoms with Gasteiger partial charge in [0.1, 0.15) is 23.7 Å². The minimum absolute atomic E-state index is 0.0747. The monoisotopic (exact) mass is 388 g/mol. The molecule has 0 saturated heterocycles. The van der Waals surface area contributed by atoms with Crippen molar-refractivity contribution in [2.75, 3.05) is 13.9 Å². The molecule has 1 aromatic heterocycles. The molecule has 0 radical (unpaired) electrons. The molecule has 0 spiro atoms. The first-order valence-electron chi connectivity index (χ1n) is 8.35. The molecule has 7 heteroatoms. The minimum Gasteiger partial charge on any atom is -0.497 e. The highest BCUT2D eigenvalue weighted by atomic mass is 35.5. The van der Waals surface area contributed by atoms with Gasteiger partial charge in [0.05, 0.1) is 26.4 Å². The highest BCUT2D eigenvalue weighted by molar-refractivity contribution is 6.30. The lowest BCUT2D eigenvalue weighted by molar-refractivity contribution is -0.144. The van der Waals surface area contributed by atoms with E-state index in [9.17, 15) is 4.79 Å². The Morgan fingerprint density at radius 3 is 2.96 bits per heavy atom. The fourth-order valence-corrected chi connectivity index (χ4v) is 3.32. The Kier molecular flexibility index (Phi) is 4.92. The maximum atomic E-state index is 12.3. The zero-order valence-corrected chi connectivity index (χ0v) is 15.4. The molecule has 140 valence electrons. The van der Waals surface area contributed by atoms with Gasteiger partial charge in [-0.3, -0.25) is 4.79 Å². The largest absolute Gasteiger partial charge is 0.497 e. The van der Waals surface area contributed by atoms with E-state index in [4.69, 9.17) is 35.0 Å². The van der Waals surface area contributed by atoms with Crippen LogP contribution in [-0.4, -0.2) is 19.9 Å². The molecule has 0 N–H and O–H groups in total. The smallest absolute Gasteiger partial charge is 0.310 e. The van der Waals surface area contributed by atoms with Crippen molar-refractivity contribution in [1.82, 2.24) is 0 Å². The fourth-order valence-electron chi connectivity index (χ4n) is 3.06. The van der Waals surface area contributed by atoms with Gasteiger partial charge in [-0.1, -0.05) is 11.6 Å². The van der Waals surface area contributed by atoms with Gasteiger partial charge in [-0.05, 0) is 24.3 Å². The van der Waals surface area contributed by atoms with E-state index in [1.54, 1.807) is 31.6 Å². The number of hydrogen-bond donors (Lipinski definition) is 0. The van der Waals surface area contributed by atoms with Gasteiger partial charge in [0.2, 0.25) is 0 Å². The van der Waals surface area contributed by atoms with Gasteiger partial charge in [0.15, 0.2) is 6.79 Å². The van der Waals surface area contributed by atoms with Crippen molar-refractivity contribution in [3.8, 4) is 11.5 Å². The van der Waals surface area contributed by atoms with E-state index >= 15 is 0 Å². The van der Waals surface area contributed by atoms with Crippen molar-refractivity contribution in [2.45, 2.75) is 19.6 Å². The van der Waals surface area contributed by atoms with E-state index in [1.165, 1.54) is 0 Å². The summed E-state index contributed by atoms with van der Waals surface area (Å²) >= 11 is 6.13. The molecule has 2 heterocycles. The number of carbonyl (C=O) groups excluding carboxylic acids is 1. The Morgan fingerprint density at radius 2 is 2.11 bits per heavy atom. The molecule has 0 unspecified atom stereocenters. The predicted octanol–water partition coefficient (Wildman–Crippen LogP) is 4.25. The highest BCUT2D eigenvalue weighted by Crippen LogP contribution is 2.32. The molecule has 0 atom stereocenters. The van der Waals surface area contributed by atoms with Crippen LogP contribution in [0.5, 0.6) is 11.5 Å². The summed E-state index contributed by atoms with van der Waals surface area (Å²) in [6.45, 7) is 0.659. The minimum atomic E-state index is -0.366. The van der Waals surface area contributed by atoms with E-state index < -0.39 is 0 Å². The Hall–Kier alpha value is -2.70. The van der Waals surface area contributed by atoms with E-state index in [2.05, 4.69) is 0 Å². The lowest BCUT2D eigenvalue weighted by Crippen LogP contribution is -2.14. The van der Waals surface area contributed by atoms with E-state index in [1.807, 2.05) is 12.1 Å². The van der Waals surface area contributed by atoms with E-state index in [0.29, 0.717) is 28.7 Å². The van der Waals surface area contributed by atoms with Gasteiger partial charge < -0.3 is 23.4 Å². The topological polar surface area (TPSA) is 67.1 Å². The number of hydrogen-bond acceptors (Lipinski definition) is 6. The van der Waals surface area contributed by atoms with Gasteiger partial charge in [0.25, 0.3) is 0 Å². The molecule has 0 aliphatic carbocycles. The van der Waals surface area contributed by atoms with Crippen molar-refractivity contribution in [2.24, 2.45) is 0 Å². The van der Waals surface area contributed by atoms with Gasteiger partial charge >= 0.3 is 5.97 Å². The molecule has 1 aliphatic heterocycles. The van der Waals surface area contributed by atoms with Crippen molar-refractivity contribution in [3.63, 3.8) is 0 Å². The standard InChI is InChI=1S/C20H17ClO6/c1-23-16-2-3-17-12(9-25-18(17)7-16)6-19(22)26-10-14-5-15(21)4-13-8-24-11-27-20(13)14/h2-5,7,9H,6,8,10-11H2,1H3. The first-order valence-corrected chi connectivity index (χ1v) is 8.73. The van der Waals surface area contributed by atoms with Crippen molar-refractivity contribution >= 4 is 28.5 Å². The Morgan fingerprint density at radius 1 is 1.22 bits per heavy atom. The van der Waals surface area contributed by atoms with Crippen molar-refractivity contribution < 1.29 is 28.2 Å². The molecule has 0 saturated carbocycles. The number of fused-ring (bicyclic) bond motifs is 2. The zero-order valence-electron chi connectivity index (χ0n) is 14.6. The average molecular weight is 389 g/mol. The molecule has 3 aromatic rings. The number of ether oxygens (including phenoxy) is 4. The van der Waals surface area contributed by atoms with Gasteiger partial charge in [-0.25, -0.2) is 0 Å². The summed E-state index contributed by atoms with van der Waals surface area (Å²) in [5, 5.41) is 1.40. The van der Waals surface area contributed by atoms with Crippen LogP contribution in [0.25, 0.3) is 11.0 Å². The lowest BCUT2D eigenvalue weighted by Gasteiger charge is -2.21. The normalized spacial score (nSPS) is 13.1. The van der Waals surface area contributed by atoms with Crippen molar-refractivity contribution in [1.29, 1.82) is 0 Å². The van der Waals surface area contributed by atoms with Crippen LogP contribution in [0.3, 0.4) is 0 Å². The number of benzene rings is 2. The summed E-state index contributed by atoms with van der Waals surface area (Å²) in [4.78, 5) is 12.3. The Bertz CT molecular complexity index is 994. The SMILES string of the molecule is COc1ccc2c(CC(=O)OCc3cc(Cl)cc4c3OCOC4)coc2c1. The third-order valence-corrected chi connectivity index (χ3v) is 4.56. The molecule has 4 rings (SSSR count). The van der Waals surface area contributed by atoms with Crippen LogP contribution in [0.2, 0.25) is 5.02 Å². The first kappa shape index (κ1) is 17.7. The van der Waals surface area contributed by atoms with Crippen LogP contribution in [-0.2, 0) is 33.9 Å². The van der Waals surface area contributed by atoms with E-state index in [0.717, 1.165) is 22.1 Å². The fraction of sp³-hybridized carbons (Fsp3) is 0.250. The second kappa shape index (κ2) is 7.50. The van der Waals surface area contributed by atoms with Gasteiger partial charge in [0, 0.05) is 33.2 Å². The Balaban J connectivity index is 1.46. The number of furan rings is 1. The maximum absolute atomic E-state index is 12.3. The number of halogens is 1. The Labute approximate surface area is 160 Å². The quantitative estimate of drug-likeness (QED) is 0.609. The highest BCUT2D eigenvalue weighted by Gasteiger charge is 2.18. The second-order valence-corrected chi connectivity index (χ2v) is 6.56.